The summed E-state index contributed by atoms with van der Waals surface area (Å²) < 4.78 is 2.34. The maximum atomic E-state index is 4.34. The van der Waals surface area contributed by atoms with Crippen LogP contribution >= 0.6 is 0 Å². The first-order chi connectivity index (χ1) is 8.88. The molecule has 1 saturated heterocycles. The predicted octanol–water partition coefficient (Wildman–Crippen LogP) is 1.79. The molecule has 0 radical (unpaired) electrons. The molecule has 1 aromatic heterocycles. The van der Waals surface area contributed by atoms with Crippen LogP contribution in [0.15, 0.2) is 12.5 Å². The molecule has 1 aliphatic heterocycles. The van der Waals surface area contributed by atoms with Crippen LogP contribution < -0.4 is 5.32 Å². The van der Waals surface area contributed by atoms with Gasteiger partial charge in [-0.25, -0.2) is 4.98 Å². The van der Waals surface area contributed by atoms with Gasteiger partial charge in [-0.05, 0) is 38.8 Å². The Labute approximate surface area is 109 Å². The van der Waals surface area contributed by atoms with E-state index in [0.717, 1.165) is 25.7 Å². The number of nitrogens with zero attached hydrogens (tertiary/aromatic N) is 3. The van der Waals surface area contributed by atoms with Gasteiger partial charge < -0.3 is 9.88 Å². The first kappa shape index (κ1) is 12.2. The summed E-state index contributed by atoms with van der Waals surface area (Å²) in [4.78, 5) is 6.94. The van der Waals surface area contributed by atoms with E-state index in [1.54, 1.807) is 0 Å². The molecule has 4 heteroatoms. The summed E-state index contributed by atoms with van der Waals surface area (Å²) in [5, 5.41) is 3.56. The van der Waals surface area contributed by atoms with Crippen LogP contribution in [0.4, 0.5) is 0 Å². The zero-order valence-electron chi connectivity index (χ0n) is 11.3. The average molecular weight is 248 g/mol. The van der Waals surface area contributed by atoms with Gasteiger partial charge in [0.2, 0.25) is 0 Å². The molecular weight excluding hydrogens is 224 g/mol. The molecule has 0 amide bonds. The molecular formula is C14H24N4. The SMILES string of the molecule is CCN(CCn1cncc1[C@@H]1CCCN1)C1CC1. The topological polar surface area (TPSA) is 33.1 Å². The zero-order valence-corrected chi connectivity index (χ0v) is 11.3. The highest BCUT2D eigenvalue weighted by Crippen LogP contribution is 2.27. The normalized spacial score (nSPS) is 24.0. The average Bonchev–Trinajstić information content (AvgIpc) is 2.92. The number of likely N-dealkylation sites (N-methyl/N-ethyl adjacent to an activating group) is 1. The summed E-state index contributed by atoms with van der Waals surface area (Å²) in [6, 6.07) is 1.40. The summed E-state index contributed by atoms with van der Waals surface area (Å²) >= 11 is 0. The van der Waals surface area contributed by atoms with E-state index in [4.69, 9.17) is 0 Å². The van der Waals surface area contributed by atoms with Gasteiger partial charge in [0.15, 0.2) is 0 Å². The van der Waals surface area contributed by atoms with Gasteiger partial charge in [0.1, 0.15) is 0 Å². The lowest BCUT2D eigenvalue weighted by Gasteiger charge is -2.21. The van der Waals surface area contributed by atoms with E-state index in [2.05, 4.69) is 26.7 Å². The Hall–Kier alpha value is -0.870. The van der Waals surface area contributed by atoms with Crippen molar-refractivity contribution in [3.63, 3.8) is 0 Å². The van der Waals surface area contributed by atoms with Crippen LogP contribution in [0.3, 0.4) is 0 Å². The van der Waals surface area contributed by atoms with Crippen molar-refractivity contribution in [2.75, 3.05) is 19.6 Å². The Morgan fingerprint density at radius 2 is 2.33 bits per heavy atom. The van der Waals surface area contributed by atoms with E-state index in [1.165, 1.54) is 37.9 Å². The van der Waals surface area contributed by atoms with Crippen LogP contribution in [0, 0.1) is 0 Å². The fourth-order valence-electron chi connectivity index (χ4n) is 3.02. The third kappa shape index (κ3) is 2.59. The second kappa shape index (κ2) is 5.41. The minimum Gasteiger partial charge on any atom is -0.332 e. The minimum absolute atomic E-state index is 0.531. The summed E-state index contributed by atoms with van der Waals surface area (Å²) in [5.41, 5.74) is 1.37. The number of rotatable bonds is 6. The van der Waals surface area contributed by atoms with Crippen LogP contribution in [0.2, 0.25) is 0 Å². The van der Waals surface area contributed by atoms with E-state index in [-0.39, 0.29) is 0 Å². The molecule has 0 spiro atoms. The molecule has 0 bridgehead atoms. The van der Waals surface area contributed by atoms with Gasteiger partial charge in [0.05, 0.1) is 12.0 Å². The molecule has 4 nitrogen and oxygen atoms in total. The van der Waals surface area contributed by atoms with Gasteiger partial charge in [-0.3, -0.25) is 4.90 Å². The van der Waals surface area contributed by atoms with Crippen molar-refractivity contribution in [3.8, 4) is 0 Å². The number of hydrogen-bond donors (Lipinski definition) is 1. The molecule has 1 atom stereocenters. The smallest absolute Gasteiger partial charge is 0.0949 e. The fraction of sp³-hybridized carbons (Fsp3) is 0.786. The van der Waals surface area contributed by atoms with Crippen LogP contribution in [-0.2, 0) is 6.54 Å². The summed E-state index contributed by atoms with van der Waals surface area (Å²) in [5.74, 6) is 0. The molecule has 2 heterocycles. The molecule has 1 saturated carbocycles. The van der Waals surface area contributed by atoms with E-state index < -0.39 is 0 Å². The Balaban J connectivity index is 1.59. The van der Waals surface area contributed by atoms with Gasteiger partial charge in [0, 0.05) is 31.4 Å². The molecule has 1 N–H and O–H groups in total. The Bertz CT molecular complexity index is 377. The molecule has 2 aliphatic rings. The largest absolute Gasteiger partial charge is 0.332 e. The lowest BCUT2D eigenvalue weighted by atomic mass is 10.2. The molecule has 0 unspecified atom stereocenters. The van der Waals surface area contributed by atoms with Crippen molar-refractivity contribution in [2.24, 2.45) is 0 Å². The number of aromatic nitrogens is 2. The third-order valence-corrected chi connectivity index (χ3v) is 4.26. The van der Waals surface area contributed by atoms with Crippen molar-refractivity contribution in [3.05, 3.63) is 18.2 Å². The molecule has 100 valence electrons. The fourth-order valence-corrected chi connectivity index (χ4v) is 3.02. The molecule has 3 rings (SSSR count). The maximum absolute atomic E-state index is 4.34. The number of nitrogens with one attached hydrogen (secondary N) is 1. The predicted molar refractivity (Wildman–Crippen MR) is 72.5 cm³/mol. The quantitative estimate of drug-likeness (QED) is 0.833. The monoisotopic (exact) mass is 248 g/mol. The van der Waals surface area contributed by atoms with E-state index in [0.29, 0.717) is 6.04 Å². The van der Waals surface area contributed by atoms with Crippen LogP contribution in [0.5, 0.6) is 0 Å². The lowest BCUT2D eigenvalue weighted by Crippen LogP contribution is -2.30. The number of imidazole rings is 1. The highest BCUT2D eigenvalue weighted by atomic mass is 15.2. The summed E-state index contributed by atoms with van der Waals surface area (Å²) in [6.45, 7) is 6.84. The summed E-state index contributed by atoms with van der Waals surface area (Å²) in [7, 11) is 0. The van der Waals surface area contributed by atoms with Crippen molar-refractivity contribution in [2.45, 2.75) is 51.2 Å². The zero-order chi connectivity index (χ0) is 12.4. The van der Waals surface area contributed by atoms with Gasteiger partial charge in [-0.1, -0.05) is 6.92 Å². The van der Waals surface area contributed by atoms with Crippen molar-refractivity contribution in [1.29, 1.82) is 0 Å². The first-order valence-electron chi connectivity index (χ1n) is 7.36. The van der Waals surface area contributed by atoms with E-state index in [1.807, 2.05) is 12.5 Å². The minimum atomic E-state index is 0.531. The molecule has 1 aromatic rings. The van der Waals surface area contributed by atoms with Crippen LogP contribution in [0.1, 0.15) is 44.3 Å². The lowest BCUT2D eigenvalue weighted by molar-refractivity contribution is 0.264. The second-order valence-corrected chi connectivity index (χ2v) is 5.52. The Morgan fingerprint density at radius 3 is 3.00 bits per heavy atom. The maximum Gasteiger partial charge on any atom is 0.0949 e. The van der Waals surface area contributed by atoms with Gasteiger partial charge >= 0.3 is 0 Å². The van der Waals surface area contributed by atoms with Gasteiger partial charge in [-0.15, -0.1) is 0 Å². The van der Waals surface area contributed by atoms with E-state index in [9.17, 15) is 0 Å². The van der Waals surface area contributed by atoms with Gasteiger partial charge in [-0.2, -0.15) is 0 Å². The van der Waals surface area contributed by atoms with Crippen LogP contribution in [0.25, 0.3) is 0 Å². The van der Waals surface area contributed by atoms with Crippen molar-refractivity contribution < 1.29 is 0 Å². The Kier molecular flexibility index (Phi) is 3.66. The van der Waals surface area contributed by atoms with Crippen LogP contribution in [-0.4, -0.2) is 40.1 Å². The van der Waals surface area contributed by atoms with Crippen molar-refractivity contribution in [1.82, 2.24) is 19.8 Å². The standard InChI is InChI=1S/C14H24N4/c1-2-17(12-5-6-12)8-9-18-11-15-10-14(18)13-4-3-7-16-13/h10-13,16H,2-9H2,1H3/t13-/m0/s1. The third-order valence-electron chi connectivity index (χ3n) is 4.26. The highest BCUT2D eigenvalue weighted by molar-refractivity contribution is 5.07. The number of hydrogen-bond acceptors (Lipinski definition) is 3. The summed E-state index contributed by atoms with van der Waals surface area (Å²) in [6.07, 6.45) is 9.38. The molecule has 2 fully saturated rings. The Morgan fingerprint density at radius 1 is 1.44 bits per heavy atom. The van der Waals surface area contributed by atoms with Gasteiger partial charge in [0.25, 0.3) is 0 Å². The molecule has 18 heavy (non-hydrogen) atoms. The second-order valence-electron chi connectivity index (χ2n) is 5.52. The highest BCUT2D eigenvalue weighted by Gasteiger charge is 2.27. The first-order valence-corrected chi connectivity index (χ1v) is 7.36. The molecule has 1 aliphatic carbocycles. The molecule has 0 aromatic carbocycles. The van der Waals surface area contributed by atoms with E-state index >= 15 is 0 Å². The van der Waals surface area contributed by atoms with Crippen molar-refractivity contribution >= 4 is 0 Å².